The van der Waals surface area contributed by atoms with Gasteiger partial charge in [0, 0.05) is 12.4 Å². The lowest BCUT2D eigenvalue weighted by Crippen LogP contribution is -2.24. The lowest BCUT2D eigenvalue weighted by atomic mass is 9.96. The van der Waals surface area contributed by atoms with Crippen LogP contribution >= 0.6 is 0 Å². The third-order valence-electron chi connectivity index (χ3n) is 5.25. The maximum absolute atomic E-state index is 12.7. The number of nitrogens with zero attached hydrogens (tertiary/aromatic N) is 2. The zero-order valence-corrected chi connectivity index (χ0v) is 17.5. The van der Waals surface area contributed by atoms with Gasteiger partial charge >= 0.3 is 12.1 Å². The van der Waals surface area contributed by atoms with E-state index >= 15 is 0 Å². The predicted molar refractivity (Wildman–Crippen MR) is 118 cm³/mol. The first-order valence-electron chi connectivity index (χ1n) is 10.2. The van der Waals surface area contributed by atoms with Crippen molar-refractivity contribution in [3.63, 3.8) is 0 Å². The number of ether oxygens (including phenoxy) is 1. The minimum atomic E-state index is -5.08. The van der Waals surface area contributed by atoms with Crippen molar-refractivity contribution in [2.45, 2.75) is 18.5 Å². The summed E-state index contributed by atoms with van der Waals surface area (Å²) in [5.41, 5.74) is 3.72. The Kier molecular flexibility index (Phi) is 6.31. The fourth-order valence-corrected chi connectivity index (χ4v) is 3.58. The number of alkyl halides is 3. The standard InChI is InChI=1S/C22H17N3O2.C2HF3O2/c26-22-18-12-15(14-7-9-23-10-8-14)5-6-19(18)24-21(25-22)17-11-16-3-1-2-4-20(16)27-13-17;3-2(4,5)1(6)7/h1-10,12,17H,11,13H2,(H,24,25,26);(H,6,7). The molecule has 2 aromatic carbocycles. The molecule has 0 amide bonds. The number of pyridine rings is 1. The Balaban J connectivity index is 0.000000344. The fraction of sp³-hybridized carbons (Fsp3) is 0.167. The molecule has 0 bridgehead atoms. The molecular weight excluding hydrogens is 451 g/mol. The summed E-state index contributed by atoms with van der Waals surface area (Å²) in [4.78, 5) is 33.3. The number of carboxylic acids is 1. The molecule has 0 aliphatic carbocycles. The van der Waals surface area contributed by atoms with Gasteiger partial charge in [-0.2, -0.15) is 13.2 Å². The number of carboxylic acid groups (broad SMARTS) is 1. The third kappa shape index (κ3) is 5.06. The zero-order valence-electron chi connectivity index (χ0n) is 17.5. The summed E-state index contributed by atoms with van der Waals surface area (Å²) in [6, 6.07) is 17.6. The second-order valence-electron chi connectivity index (χ2n) is 7.54. The number of H-pyrrole nitrogens is 1. The van der Waals surface area contributed by atoms with E-state index < -0.39 is 12.1 Å². The van der Waals surface area contributed by atoms with Crippen molar-refractivity contribution in [2.24, 2.45) is 0 Å². The van der Waals surface area contributed by atoms with Gasteiger partial charge in [-0.1, -0.05) is 24.3 Å². The first-order valence-corrected chi connectivity index (χ1v) is 10.2. The normalized spacial score (nSPS) is 15.0. The number of fused-ring (bicyclic) bond motifs is 2. The van der Waals surface area contributed by atoms with E-state index in [1.807, 2.05) is 48.5 Å². The molecule has 5 rings (SSSR count). The minimum Gasteiger partial charge on any atom is -0.493 e. The topological polar surface area (TPSA) is 105 Å². The molecule has 10 heteroatoms. The van der Waals surface area contributed by atoms with Crippen LogP contribution in [0.25, 0.3) is 22.0 Å². The molecule has 2 N–H and O–H groups in total. The highest BCUT2D eigenvalue weighted by Crippen LogP contribution is 2.31. The van der Waals surface area contributed by atoms with E-state index in [1.54, 1.807) is 12.4 Å². The van der Waals surface area contributed by atoms with E-state index in [2.05, 4.69) is 16.0 Å². The highest BCUT2D eigenvalue weighted by Gasteiger charge is 2.38. The van der Waals surface area contributed by atoms with Crippen molar-refractivity contribution < 1.29 is 27.8 Å². The molecule has 34 heavy (non-hydrogen) atoms. The number of para-hydroxylation sites is 1. The van der Waals surface area contributed by atoms with Gasteiger partial charge in [0.05, 0.1) is 23.4 Å². The van der Waals surface area contributed by atoms with Crippen molar-refractivity contribution in [3.05, 3.63) is 88.7 Å². The average molecular weight is 469 g/mol. The van der Waals surface area contributed by atoms with Gasteiger partial charge in [0.1, 0.15) is 11.6 Å². The van der Waals surface area contributed by atoms with Crippen LogP contribution in [0, 0.1) is 0 Å². The van der Waals surface area contributed by atoms with Crippen LogP contribution in [0.2, 0.25) is 0 Å². The first kappa shape index (κ1) is 23.0. The van der Waals surface area contributed by atoms with Gasteiger partial charge in [0.15, 0.2) is 0 Å². The molecule has 3 heterocycles. The van der Waals surface area contributed by atoms with Gasteiger partial charge < -0.3 is 14.8 Å². The monoisotopic (exact) mass is 469 g/mol. The Hall–Kier alpha value is -4.21. The maximum atomic E-state index is 12.7. The maximum Gasteiger partial charge on any atom is 0.490 e. The Morgan fingerprint density at radius 2 is 1.76 bits per heavy atom. The summed E-state index contributed by atoms with van der Waals surface area (Å²) in [7, 11) is 0. The SMILES string of the molecule is O=C(O)C(F)(F)F.O=c1[nH]c(C2COc3ccccc3C2)nc2ccc(-c3ccncc3)cc12. The number of halogens is 3. The van der Waals surface area contributed by atoms with Crippen molar-refractivity contribution >= 4 is 16.9 Å². The number of benzene rings is 2. The van der Waals surface area contributed by atoms with Crippen LogP contribution in [-0.2, 0) is 11.2 Å². The molecule has 1 atom stereocenters. The van der Waals surface area contributed by atoms with Crippen LogP contribution in [0.5, 0.6) is 5.75 Å². The van der Waals surface area contributed by atoms with Crippen LogP contribution in [0.4, 0.5) is 13.2 Å². The van der Waals surface area contributed by atoms with E-state index in [9.17, 15) is 18.0 Å². The van der Waals surface area contributed by atoms with E-state index in [4.69, 9.17) is 19.6 Å². The highest BCUT2D eigenvalue weighted by atomic mass is 19.4. The molecule has 1 aliphatic heterocycles. The van der Waals surface area contributed by atoms with Crippen molar-refractivity contribution in [1.29, 1.82) is 0 Å². The number of nitrogens with one attached hydrogen (secondary N) is 1. The lowest BCUT2D eigenvalue weighted by Gasteiger charge is -2.24. The third-order valence-corrected chi connectivity index (χ3v) is 5.25. The molecule has 4 aromatic rings. The van der Waals surface area contributed by atoms with E-state index in [-0.39, 0.29) is 11.5 Å². The molecule has 2 aromatic heterocycles. The lowest BCUT2D eigenvalue weighted by molar-refractivity contribution is -0.192. The molecule has 0 radical (unpaired) electrons. The number of aromatic nitrogens is 3. The average Bonchev–Trinajstić information content (AvgIpc) is 2.84. The largest absolute Gasteiger partial charge is 0.493 e. The molecule has 7 nitrogen and oxygen atoms in total. The quantitative estimate of drug-likeness (QED) is 0.453. The molecule has 1 aliphatic rings. The van der Waals surface area contributed by atoms with Crippen molar-refractivity contribution in [2.75, 3.05) is 6.61 Å². The molecule has 0 saturated heterocycles. The van der Waals surface area contributed by atoms with Crippen LogP contribution in [-0.4, -0.2) is 38.8 Å². The van der Waals surface area contributed by atoms with Gasteiger partial charge in [0.2, 0.25) is 0 Å². The number of rotatable bonds is 2. The summed E-state index contributed by atoms with van der Waals surface area (Å²) in [5, 5.41) is 7.71. The van der Waals surface area contributed by atoms with Crippen molar-refractivity contribution in [3.8, 4) is 16.9 Å². The Morgan fingerprint density at radius 1 is 1.06 bits per heavy atom. The van der Waals surface area contributed by atoms with E-state index in [1.165, 1.54) is 0 Å². The number of carbonyl (C=O) groups is 1. The van der Waals surface area contributed by atoms with Gasteiger partial charge in [0.25, 0.3) is 5.56 Å². The number of aromatic amines is 1. The molecule has 1 unspecified atom stereocenters. The van der Waals surface area contributed by atoms with Crippen molar-refractivity contribution in [1.82, 2.24) is 15.0 Å². The number of aliphatic carboxylic acids is 1. The van der Waals surface area contributed by atoms with Gasteiger partial charge in [-0.05, 0) is 53.4 Å². The molecule has 174 valence electrons. The Bertz CT molecular complexity index is 1390. The van der Waals surface area contributed by atoms with Crippen LogP contribution in [0.1, 0.15) is 17.3 Å². The summed E-state index contributed by atoms with van der Waals surface area (Å²) in [5.74, 6) is -1.12. The van der Waals surface area contributed by atoms with Crippen LogP contribution in [0.15, 0.2) is 71.8 Å². The van der Waals surface area contributed by atoms with E-state index in [0.717, 1.165) is 28.9 Å². The molecule has 0 spiro atoms. The van der Waals surface area contributed by atoms with Gasteiger partial charge in [-0.3, -0.25) is 9.78 Å². The molecular formula is C24H18F3N3O4. The molecule has 0 saturated carbocycles. The number of hydrogen-bond acceptors (Lipinski definition) is 5. The predicted octanol–water partition coefficient (Wildman–Crippen LogP) is 4.34. The summed E-state index contributed by atoms with van der Waals surface area (Å²) in [6.07, 6.45) is -0.794. The van der Waals surface area contributed by atoms with Gasteiger partial charge in [-0.15, -0.1) is 0 Å². The van der Waals surface area contributed by atoms with Crippen LogP contribution in [0.3, 0.4) is 0 Å². The summed E-state index contributed by atoms with van der Waals surface area (Å²) < 4.78 is 37.6. The first-order chi connectivity index (χ1) is 16.2. The number of hydrogen-bond donors (Lipinski definition) is 2. The smallest absolute Gasteiger partial charge is 0.490 e. The van der Waals surface area contributed by atoms with Crippen LogP contribution < -0.4 is 10.3 Å². The Morgan fingerprint density at radius 3 is 2.47 bits per heavy atom. The summed E-state index contributed by atoms with van der Waals surface area (Å²) >= 11 is 0. The van der Waals surface area contributed by atoms with Gasteiger partial charge in [-0.25, -0.2) is 9.78 Å². The second-order valence-corrected chi connectivity index (χ2v) is 7.54. The zero-order chi connectivity index (χ0) is 24.3. The fourth-order valence-electron chi connectivity index (χ4n) is 3.58. The molecule has 0 fully saturated rings. The Labute approximate surface area is 190 Å². The minimum absolute atomic E-state index is 0.0388. The van der Waals surface area contributed by atoms with E-state index in [0.29, 0.717) is 23.3 Å². The highest BCUT2D eigenvalue weighted by molar-refractivity contribution is 5.83. The second kappa shape index (κ2) is 9.34. The summed E-state index contributed by atoms with van der Waals surface area (Å²) in [6.45, 7) is 0.514.